The average molecular weight is 318 g/mol. The van der Waals surface area contributed by atoms with Crippen molar-refractivity contribution in [3.8, 4) is 11.3 Å². The normalized spacial score (nSPS) is 10.8. The molecule has 0 saturated carbocycles. The first-order chi connectivity index (χ1) is 10.1. The lowest BCUT2D eigenvalue weighted by Gasteiger charge is -2.10. The molecule has 0 fully saturated rings. The number of nitrogens with zero attached hydrogens (tertiary/aromatic N) is 1. The summed E-state index contributed by atoms with van der Waals surface area (Å²) in [6.07, 6.45) is 1.52. The Kier molecular flexibility index (Phi) is 3.53. The van der Waals surface area contributed by atoms with E-state index in [0.717, 1.165) is 10.9 Å². The number of aromatic nitrogens is 1. The van der Waals surface area contributed by atoms with Gasteiger partial charge in [-0.15, -0.1) is 0 Å². The number of hydrogen-bond acceptors (Lipinski definition) is 2. The smallest absolute Gasteiger partial charge is 0.336 e. The van der Waals surface area contributed by atoms with Gasteiger partial charge in [0.05, 0.1) is 21.3 Å². The minimum Gasteiger partial charge on any atom is -0.478 e. The maximum Gasteiger partial charge on any atom is 0.336 e. The lowest BCUT2D eigenvalue weighted by molar-refractivity contribution is 0.0699. The number of carboxylic acids is 1. The molecule has 0 saturated heterocycles. The Morgan fingerprint density at radius 1 is 1.05 bits per heavy atom. The fourth-order valence-corrected chi connectivity index (χ4v) is 2.79. The van der Waals surface area contributed by atoms with Crippen molar-refractivity contribution in [2.75, 3.05) is 0 Å². The van der Waals surface area contributed by atoms with Crippen LogP contribution in [0.1, 0.15) is 10.4 Å². The lowest BCUT2D eigenvalue weighted by atomic mass is 9.97. The van der Waals surface area contributed by atoms with Gasteiger partial charge in [-0.05, 0) is 22.9 Å². The summed E-state index contributed by atoms with van der Waals surface area (Å²) in [7, 11) is 0. The predicted octanol–water partition coefficient (Wildman–Crippen LogP) is 4.91. The highest BCUT2D eigenvalue weighted by atomic mass is 35.5. The van der Waals surface area contributed by atoms with E-state index in [4.69, 9.17) is 23.2 Å². The molecular weight excluding hydrogens is 309 g/mol. The second-order valence-electron chi connectivity index (χ2n) is 4.50. The fraction of sp³-hybridized carbons (Fsp3) is 0. The third kappa shape index (κ3) is 2.46. The standard InChI is InChI=1S/C16H9Cl2NO2/c17-9-7-14(18)15(19-8-9)12-5-6-13(16(20)21)11-4-2-1-3-10(11)12/h1-8H,(H,20,21). The second-order valence-corrected chi connectivity index (χ2v) is 5.34. The largest absolute Gasteiger partial charge is 0.478 e. The summed E-state index contributed by atoms with van der Waals surface area (Å²) in [5.74, 6) is -0.965. The molecule has 0 aliphatic heterocycles. The number of fused-ring (bicyclic) bond motifs is 1. The topological polar surface area (TPSA) is 50.2 Å². The van der Waals surface area contributed by atoms with E-state index in [1.165, 1.54) is 6.20 Å². The number of aromatic carboxylic acids is 1. The van der Waals surface area contributed by atoms with Gasteiger partial charge in [0, 0.05) is 11.8 Å². The highest BCUT2D eigenvalue weighted by molar-refractivity contribution is 6.36. The number of halogens is 2. The van der Waals surface area contributed by atoms with E-state index >= 15 is 0 Å². The first-order valence-electron chi connectivity index (χ1n) is 6.14. The van der Waals surface area contributed by atoms with Gasteiger partial charge < -0.3 is 5.11 Å². The molecule has 3 rings (SSSR count). The van der Waals surface area contributed by atoms with Crippen molar-refractivity contribution < 1.29 is 9.90 Å². The molecule has 3 aromatic rings. The van der Waals surface area contributed by atoms with E-state index < -0.39 is 5.97 Å². The van der Waals surface area contributed by atoms with Crippen LogP contribution in [-0.2, 0) is 0 Å². The zero-order chi connectivity index (χ0) is 15.0. The molecule has 2 aromatic carbocycles. The fourth-order valence-electron chi connectivity index (χ4n) is 2.30. The molecule has 0 radical (unpaired) electrons. The summed E-state index contributed by atoms with van der Waals surface area (Å²) in [5.41, 5.74) is 1.60. The van der Waals surface area contributed by atoms with Crippen LogP contribution in [0.4, 0.5) is 0 Å². The molecule has 1 heterocycles. The van der Waals surface area contributed by atoms with Gasteiger partial charge >= 0.3 is 5.97 Å². The summed E-state index contributed by atoms with van der Waals surface area (Å²) in [4.78, 5) is 15.6. The Bertz CT molecular complexity index is 862. The Morgan fingerprint density at radius 2 is 1.76 bits per heavy atom. The van der Waals surface area contributed by atoms with Crippen LogP contribution in [0, 0.1) is 0 Å². The number of pyridine rings is 1. The molecule has 0 spiro atoms. The Hall–Kier alpha value is -2.10. The van der Waals surface area contributed by atoms with Crippen LogP contribution in [0.2, 0.25) is 10.0 Å². The molecule has 0 aliphatic rings. The summed E-state index contributed by atoms with van der Waals surface area (Å²) in [6, 6.07) is 12.2. The van der Waals surface area contributed by atoms with Gasteiger partial charge in [0.1, 0.15) is 0 Å². The van der Waals surface area contributed by atoms with Gasteiger partial charge in [0.2, 0.25) is 0 Å². The zero-order valence-corrected chi connectivity index (χ0v) is 12.2. The zero-order valence-electron chi connectivity index (χ0n) is 10.7. The highest BCUT2D eigenvalue weighted by Gasteiger charge is 2.14. The van der Waals surface area contributed by atoms with Crippen molar-refractivity contribution in [1.29, 1.82) is 0 Å². The minimum absolute atomic E-state index is 0.249. The molecule has 0 bridgehead atoms. The molecule has 104 valence electrons. The van der Waals surface area contributed by atoms with Gasteiger partial charge in [0.25, 0.3) is 0 Å². The summed E-state index contributed by atoms with van der Waals surface area (Å²) >= 11 is 12.1. The number of carboxylic acid groups (broad SMARTS) is 1. The Balaban J connectivity index is 2.34. The van der Waals surface area contributed by atoms with Gasteiger partial charge in [-0.1, -0.05) is 53.5 Å². The van der Waals surface area contributed by atoms with Crippen molar-refractivity contribution >= 4 is 39.9 Å². The van der Waals surface area contributed by atoms with Gasteiger partial charge in [-0.25, -0.2) is 4.79 Å². The molecule has 0 aliphatic carbocycles. The summed E-state index contributed by atoms with van der Waals surface area (Å²) < 4.78 is 0. The van der Waals surface area contributed by atoms with Crippen LogP contribution in [0.3, 0.4) is 0 Å². The first-order valence-corrected chi connectivity index (χ1v) is 6.90. The van der Waals surface area contributed by atoms with E-state index in [0.29, 0.717) is 21.1 Å². The molecule has 0 unspecified atom stereocenters. The quantitative estimate of drug-likeness (QED) is 0.730. The summed E-state index contributed by atoms with van der Waals surface area (Å²) in [6.45, 7) is 0. The molecule has 0 atom stereocenters. The van der Waals surface area contributed by atoms with E-state index in [1.807, 2.05) is 12.1 Å². The van der Waals surface area contributed by atoms with Gasteiger partial charge in [-0.2, -0.15) is 0 Å². The third-order valence-corrected chi connectivity index (χ3v) is 3.71. The van der Waals surface area contributed by atoms with Crippen LogP contribution >= 0.6 is 23.2 Å². The molecule has 5 heteroatoms. The molecule has 1 aromatic heterocycles. The SMILES string of the molecule is O=C(O)c1ccc(-c2ncc(Cl)cc2Cl)c2ccccc12. The maximum atomic E-state index is 11.3. The number of benzene rings is 2. The van der Waals surface area contributed by atoms with E-state index in [1.54, 1.807) is 30.3 Å². The van der Waals surface area contributed by atoms with Crippen molar-refractivity contribution in [2.45, 2.75) is 0 Å². The molecule has 21 heavy (non-hydrogen) atoms. The van der Waals surface area contributed by atoms with Crippen LogP contribution in [-0.4, -0.2) is 16.1 Å². The summed E-state index contributed by atoms with van der Waals surface area (Å²) in [5, 5.41) is 11.6. The first kappa shape index (κ1) is 13.9. The van der Waals surface area contributed by atoms with Crippen molar-refractivity contribution in [3.63, 3.8) is 0 Å². The van der Waals surface area contributed by atoms with Crippen molar-refractivity contribution in [1.82, 2.24) is 4.98 Å². The molecule has 3 nitrogen and oxygen atoms in total. The molecule has 0 amide bonds. The van der Waals surface area contributed by atoms with Gasteiger partial charge in [0.15, 0.2) is 0 Å². The van der Waals surface area contributed by atoms with Crippen LogP contribution in [0.15, 0.2) is 48.7 Å². The number of hydrogen-bond donors (Lipinski definition) is 1. The van der Waals surface area contributed by atoms with Crippen molar-refractivity contribution in [2.24, 2.45) is 0 Å². The molecular formula is C16H9Cl2NO2. The maximum absolute atomic E-state index is 11.3. The van der Waals surface area contributed by atoms with Crippen LogP contribution in [0.25, 0.3) is 22.0 Å². The Labute approximate surface area is 130 Å². The second kappa shape index (κ2) is 5.35. The number of carbonyl (C=O) groups is 1. The van der Waals surface area contributed by atoms with Gasteiger partial charge in [-0.3, -0.25) is 4.98 Å². The predicted molar refractivity (Wildman–Crippen MR) is 84.2 cm³/mol. The lowest BCUT2D eigenvalue weighted by Crippen LogP contribution is -1.98. The monoisotopic (exact) mass is 317 g/mol. The van der Waals surface area contributed by atoms with E-state index in [-0.39, 0.29) is 5.56 Å². The van der Waals surface area contributed by atoms with Crippen molar-refractivity contribution in [3.05, 3.63) is 64.3 Å². The van der Waals surface area contributed by atoms with E-state index in [2.05, 4.69) is 4.98 Å². The third-order valence-electron chi connectivity index (χ3n) is 3.22. The Morgan fingerprint density at radius 3 is 2.43 bits per heavy atom. The molecule has 1 N–H and O–H groups in total. The van der Waals surface area contributed by atoms with Crippen LogP contribution < -0.4 is 0 Å². The van der Waals surface area contributed by atoms with Crippen LogP contribution in [0.5, 0.6) is 0 Å². The van der Waals surface area contributed by atoms with E-state index in [9.17, 15) is 9.90 Å². The number of rotatable bonds is 2. The highest BCUT2D eigenvalue weighted by Crippen LogP contribution is 2.34. The average Bonchev–Trinajstić information content (AvgIpc) is 2.46. The minimum atomic E-state index is -0.965.